The first-order valence-electron chi connectivity index (χ1n) is 9.70. The molecule has 3 nitrogen and oxygen atoms in total. The van der Waals surface area contributed by atoms with E-state index in [4.69, 9.17) is 0 Å². The van der Waals surface area contributed by atoms with Crippen molar-refractivity contribution in [3.8, 4) is 0 Å². The number of carbonyl (C=O) groups excluding carboxylic acids is 1. The normalized spacial score (nSPS) is 13.1. The Morgan fingerprint density at radius 3 is 2.64 bits per heavy atom. The number of nitrogens with zero attached hydrogens (tertiary/aromatic N) is 1. The summed E-state index contributed by atoms with van der Waals surface area (Å²) in [7, 11) is 0. The van der Waals surface area contributed by atoms with Crippen LogP contribution in [0.3, 0.4) is 0 Å². The fourth-order valence-electron chi connectivity index (χ4n) is 3.36. The molecule has 1 heterocycles. The maximum Gasteiger partial charge on any atom is 0.133 e. The molecule has 0 bridgehead atoms. The molecular formula is C24H29FN2O. The lowest BCUT2D eigenvalue weighted by molar-refractivity contribution is -0.120. The van der Waals surface area contributed by atoms with Crippen molar-refractivity contribution < 1.29 is 9.18 Å². The van der Waals surface area contributed by atoms with Gasteiger partial charge in [0.15, 0.2) is 0 Å². The van der Waals surface area contributed by atoms with Crippen molar-refractivity contribution >= 4 is 11.4 Å². The molecule has 1 aromatic carbocycles. The van der Waals surface area contributed by atoms with Gasteiger partial charge in [-0.3, -0.25) is 9.89 Å². The summed E-state index contributed by atoms with van der Waals surface area (Å²) in [6, 6.07) is 6.40. The quantitative estimate of drug-likeness (QED) is 0.532. The van der Waals surface area contributed by atoms with Crippen LogP contribution in [0, 0.1) is 18.7 Å². The Morgan fingerprint density at radius 2 is 2.04 bits per heavy atom. The molecule has 0 fully saturated rings. The predicted octanol–water partition coefficient (Wildman–Crippen LogP) is 5.77. The monoisotopic (exact) mass is 380 g/mol. The molecule has 1 atom stereocenters. The lowest BCUT2D eigenvalue weighted by Gasteiger charge is -2.14. The van der Waals surface area contributed by atoms with Gasteiger partial charge in [0.25, 0.3) is 0 Å². The second-order valence-corrected chi connectivity index (χ2v) is 7.06. The number of hydrogen-bond acceptors (Lipinski definition) is 2. The standard InChI is InChI=1S/C24H29FN2O/c1-5-8-20(9-6-2)24-17(3)23(26-27-24)11-7-10-21(18(4)28)16-19-12-14-22(25)15-13-19/h5-6,8-9,12-15,21H,1,7,10-11,16H2,2-4H3,(H,26,27)/b9-6-,20-8+. The van der Waals surface area contributed by atoms with E-state index in [0.717, 1.165) is 47.4 Å². The van der Waals surface area contributed by atoms with Crippen LogP contribution in [0.5, 0.6) is 0 Å². The molecule has 1 aromatic heterocycles. The van der Waals surface area contributed by atoms with Crippen molar-refractivity contribution in [3.05, 3.63) is 83.5 Å². The van der Waals surface area contributed by atoms with Crippen molar-refractivity contribution in [3.63, 3.8) is 0 Å². The zero-order valence-corrected chi connectivity index (χ0v) is 17.0. The average molecular weight is 381 g/mol. The molecule has 0 spiro atoms. The number of hydrogen-bond donors (Lipinski definition) is 1. The number of nitrogens with one attached hydrogen (secondary N) is 1. The van der Waals surface area contributed by atoms with E-state index in [1.807, 2.05) is 25.2 Å². The summed E-state index contributed by atoms with van der Waals surface area (Å²) in [5, 5.41) is 7.61. The molecule has 0 saturated carbocycles. The van der Waals surface area contributed by atoms with Crippen molar-refractivity contribution in [1.82, 2.24) is 10.2 Å². The van der Waals surface area contributed by atoms with Gasteiger partial charge >= 0.3 is 0 Å². The van der Waals surface area contributed by atoms with Gasteiger partial charge in [0.05, 0.1) is 5.69 Å². The minimum absolute atomic E-state index is 0.0487. The molecule has 0 radical (unpaired) electrons. The van der Waals surface area contributed by atoms with Crippen LogP contribution in [0.2, 0.25) is 0 Å². The van der Waals surface area contributed by atoms with Gasteiger partial charge in [0.1, 0.15) is 11.6 Å². The predicted molar refractivity (Wildman–Crippen MR) is 114 cm³/mol. The number of benzene rings is 1. The van der Waals surface area contributed by atoms with Gasteiger partial charge in [-0.25, -0.2) is 4.39 Å². The van der Waals surface area contributed by atoms with E-state index in [1.54, 1.807) is 25.1 Å². The summed E-state index contributed by atoms with van der Waals surface area (Å²) in [4.78, 5) is 12.0. The number of rotatable bonds is 10. The SMILES string of the molecule is C=C/C=C(\C=C/C)c1n[nH]c(CCCC(Cc2ccc(F)cc2)C(C)=O)c1C. The molecule has 0 aliphatic carbocycles. The Kier molecular flexibility index (Phi) is 8.12. The van der Waals surface area contributed by atoms with E-state index >= 15 is 0 Å². The van der Waals surface area contributed by atoms with Gasteiger partial charge < -0.3 is 0 Å². The van der Waals surface area contributed by atoms with Crippen LogP contribution in [0.15, 0.2) is 55.1 Å². The number of Topliss-reactive ketones (excluding diaryl/α,β-unsaturated/α-hetero) is 1. The number of aromatic nitrogens is 2. The van der Waals surface area contributed by atoms with Gasteiger partial charge in [-0.05, 0) is 69.7 Å². The molecule has 0 aliphatic rings. The van der Waals surface area contributed by atoms with Crippen LogP contribution in [-0.4, -0.2) is 16.0 Å². The van der Waals surface area contributed by atoms with Crippen molar-refractivity contribution in [2.75, 3.05) is 0 Å². The summed E-state index contributed by atoms with van der Waals surface area (Å²) in [6.07, 6.45) is 10.9. The number of aromatic amines is 1. The van der Waals surface area contributed by atoms with E-state index in [0.29, 0.717) is 6.42 Å². The Labute approximate surface area is 167 Å². The van der Waals surface area contributed by atoms with Gasteiger partial charge in [0.2, 0.25) is 0 Å². The average Bonchev–Trinajstić information content (AvgIpc) is 3.03. The van der Waals surface area contributed by atoms with E-state index in [-0.39, 0.29) is 17.5 Å². The Morgan fingerprint density at radius 1 is 1.32 bits per heavy atom. The van der Waals surface area contributed by atoms with Crippen LogP contribution >= 0.6 is 0 Å². The minimum Gasteiger partial charge on any atom is -0.300 e. The molecular weight excluding hydrogens is 351 g/mol. The Balaban J connectivity index is 2.00. The smallest absolute Gasteiger partial charge is 0.133 e. The maximum absolute atomic E-state index is 13.1. The van der Waals surface area contributed by atoms with E-state index in [2.05, 4.69) is 23.7 Å². The number of allylic oxidation sites excluding steroid dienone is 5. The first-order chi connectivity index (χ1) is 13.5. The lowest BCUT2D eigenvalue weighted by atomic mass is 9.90. The Bertz CT molecular complexity index is 859. The maximum atomic E-state index is 13.1. The van der Waals surface area contributed by atoms with Crippen LogP contribution in [0.4, 0.5) is 4.39 Å². The number of carbonyl (C=O) groups is 1. The fraction of sp³-hybridized carbons (Fsp3) is 0.333. The largest absolute Gasteiger partial charge is 0.300 e. The van der Waals surface area contributed by atoms with E-state index in [9.17, 15) is 9.18 Å². The minimum atomic E-state index is -0.253. The molecule has 1 unspecified atom stereocenters. The van der Waals surface area contributed by atoms with Crippen LogP contribution in [0.25, 0.3) is 5.57 Å². The molecule has 0 saturated heterocycles. The third kappa shape index (κ3) is 5.88. The first-order valence-corrected chi connectivity index (χ1v) is 9.70. The highest BCUT2D eigenvalue weighted by molar-refractivity contribution is 5.78. The van der Waals surface area contributed by atoms with Crippen molar-refractivity contribution in [2.24, 2.45) is 5.92 Å². The zero-order valence-electron chi connectivity index (χ0n) is 17.0. The molecule has 2 aromatic rings. The number of ketones is 1. The third-order valence-electron chi connectivity index (χ3n) is 4.98. The lowest BCUT2D eigenvalue weighted by Crippen LogP contribution is -2.14. The van der Waals surface area contributed by atoms with Crippen LogP contribution < -0.4 is 0 Å². The molecule has 148 valence electrons. The highest BCUT2D eigenvalue weighted by Gasteiger charge is 2.16. The summed E-state index contributed by atoms with van der Waals surface area (Å²) in [5.41, 5.74) is 5.17. The first kappa shape index (κ1) is 21.5. The molecule has 0 aliphatic heterocycles. The summed E-state index contributed by atoms with van der Waals surface area (Å²) >= 11 is 0. The van der Waals surface area contributed by atoms with E-state index in [1.165, 1.54) is 12.1 Å². The zero-order chi connectivity index (χ0) is 20.5. The second kappa shape index (κ2) is 10.5. The van der Waals surface area contributed by atoms with Crippen molar-refractivity contribution in [1.29, 1.82) is 0 Å². The fourth-order valence-corrected chi connectivity index (χ4v) is 3.36. The Hall–Kier alpha value is -2.75. The summed E-state index contributed by atoms with van der Waals surface area (Å²) in [5.74, 6) is -0.125. The molecule has 28 heavy (non-hydrogen) atoms. The number of halogens is 1. The highest BCUT2D eigenvalue weighted by Crippen LogP contribution is 2.23. The summed E-state index contributed by atoms with van der Waals surface area (Å²) < 4.78 is 13.1. The molecule has 0 amide bonds. The van der Waals surface area contributed by atoms with E-state index < -0.39 is 0 Å². The second-order valence-electron chi connectivity index (χ2n) is 7.06. The van der Waals surface area contributed by atoms with Crippen LogP contribution in [0.1, 0.15) is 49.2 Å². The number of aryl methyl sites for hydroxylation is 1. The van der Waals surface area contributed by atoms with Gasteiger partial charge in [-0.15, -0.1) is 0 Å². The molecule has 4 heteroatoms. The number of H-pyrrole nitrogens is 1. The third-order valence-corrected chi connectivity index (χ3v) is 4.98. The van der Waals surface area contributed by atoms with Gasteiger partial charge in [0, 0.05) is 17.2 Å². The highest BCUT2D eigenvalue weighted by atomic mass is 19.1. The molecule has 1 N–H and O–H groups in total. The molecule has 2 rings (SSSR count). The van der Waals surface area contributed by atoms with Crippen molar-refractivity contribution in [2.45, 2.75) is 46.5 Å². The summed E-state index contributed by atoms with van der Waals surface area (Å²) in [6.45, 7) is 9.44. The van der Waals surface area contributed by atoms with Crippen LogP contribution in [-0.2, 0) is 17.6 Å². The van der Waals surface area contributed by atoms with Gasteiger partial charge in [-0.1, -0.05) is 43.0 Å². The topological polar surface area (TPSA) is 45.8 Å². The van der Waals surface area contributed by atoms with Gasteiger partial charge in [-0.2, -0.15) is 5.10 Å².